The SMILES string of the molecule is CCc1cccc(NC(=O)COc2ccc(I)cc2)c1. The summed E-state index contributed by atoms with van der Waals surface area (Å²) in [6.07, 6.45) is 0.947. The van der Waals surface area contributed by atoms with Crippen LogP contribution in [0.2, 0.25) is 0 Å². The van der Waals surface area contributed by atoms with Crippen molar-refractivity contribution in [3.63, 3.8) is 0 Å². The highest BCUT2D eigenvalue weighted by atomic mass is 127. The minimum atomic E-state index is -0.156. The predicted octanol–water partition coefficient (Wildman–Crippen LogP) is 3.87. The van der Waals surface area contributed by atoms with E-state index in [1.165, 1.54) is 5.56 Å². The molecular formula is C16H16INO2. The van der Waals surface area contributed by atoms with E-state index in [0.29, 0.717) is 5.75 Å². The monoisotopic (exact) mass is 381 g/mol. The van der Waals surface area contributed by atoms with Gasteiger partial charge in [0.1, 0.15) is 5.75 Å². The third kappa shape index (κ3) is 4.52. The van der Waals surface area contributed by atoms with Gasteiger partial charge in [-0.05, 0) is 71.0 Å². The molecule has 20 heavy (non-hydrogen) atoms. The van der Waals surface area contributed by atoms with Gasteiger partial charge in [0.15, 0.2) is 6.61 Å². The summed E-state index contributed by atoms with van der Waals surface area (Å²) in [5.41, 5.74) is 2.00. The molecule has 0 atom stereocenters. The molecule has 0 fully saturated rings. The number of anilines is 1. The summed E-state index contributed by atoms with van der Waals surface area (Å²) in [5, 5.41) is 2.83. The van der Waals surface area contributed by atoms with E-state index in [0.717, 1.165) is 15.7 Å². The molecule has 104 valence electrons. The van der Waals surface area contributed by atoms with Gasteiger partial charge in [0.05, 0.1) is 0 Å². The van der Waals surface area contributed by atoms with Crippen LogP contribution in [0.25, 0.3) is 0 Å². The number of aryl methyl sites for hydroxylation is 1. The molecule has 0 saturated heterocycles. The molecule has 0 unspecified atom stereocenters. The number of carbonyl (C=O) groups is 1. The van der Waals surface area contributed by atoms with Crippen LogP contribution in [0.15, 0.2) is 48.5 Å². The Balaban J connectivity index is 1.87. The molecule has 4 heteroatoms. The summed E-state index contributed by atoms with van der Waals surface area (Å²) >= 11 is 2.23. The van der Waals surface area contributed by atoms with Gasteiger partial charge in [-0.1, -0.05) is 19.1 Å². The number of carbonyl (C=O) groups excluding carboxylic acids is 1. The summed E-state index contributed by atoms with van der Waals surface area (Å²) in [6, 6.07) is 15.4. The number of nitrogens with one attached hydrogen (secondary N) is 1. The summed E-state index contributed by atoms with van der Waals surface area (Å²) < 4.78 is 6.57. The Bertz CT molecular complexity index is 581. The second kappa shape index (κ2) is 7.28. The zero-order valence-electron chi connectivity index (χ0n) is 11.2. The molecule has 0 spiro atoms. The Morgan fingerprint density at radius 1 is 1.20 bits per heavy atom. The van der Waals surface area contributed by atoms with E-state index in [4.69, 9.17) is 4.74 Å². The topological polar surface area (TPSA) is 38.3 Å². The first-order chi connectivity index (χ1) is 9.67. The van der Waals surface area contributed by atoms with Crippen LogP contribution < -0.4 is 10.1 Å². The quantitative estimate of drug-likeness (QED) is 0.799. The van der Waals surface area contributed by atoms with Crippen molar-refractivity contribution in [2.24, 2.45) is 0 Å². The highest BCUT2D eigenvalue weighted by molar-refractivity contribution is 14.1. The number of halogens is 1. The van der Waals surface area contributed by atoms with Crippen molar-refractivity contribution in [3.8, 4) is 5.75 Å². The number of rotatable bonds is 5. The van der Waals surface area contributed by atoms with E-state index in [1.54, 1.807) is 0 Å². The van der Waals surface area contributed by atoms with Crippen molar-refractivity contribution in [2.45, 2.75) is 13.3 Å². The fraction of sp³-hybridized carbons (Fsp3) is 0.188. The third-order valence-corrected chi connectivity index (χ3v) is 3.52. The summed E-state index contributed by atoms with van der Waals surface area (Å²) in [6.45, 7) is 2.10. The second-order valence-corrected chi connectivity index (χ2v) is 5.59. The van der Waals surface area contributed by atoms with Crippen molar-refractivity contribution in [1.29, 1.82) is 0 Å². The van der Waals surface area contributed by atoms with E-state index >= 15 is 0 Å². The molecule has 0 radical (unpaired) electrons. The van der Waals surface area contributed by atoms with Gasteiger partial charge in [-0.2, -0.15) is 0 Å². The van der Waals surface area contributed by atoms with Crippen LogP contribution in [0.3, 0.4) is 0 Å². The van der Waals surface area contributed by atoms with Crippen LogP contribution in [0.5, 0.6) is 5.75 Å². The zero-order valence-corrected chi connectivity index (χ0v) is 13.4. The first-order valence-electron chi connectivity index (χ1n) is 6.44. The molecular weight excluding hydrogens is 365 g/mol. The maximum Gasteiger partial charge on any atom is 0.262 e. The van der Waals surface area contributed by atoms with Crippen LogP contribution in [-0.2, 0) is 11.2 Å². The van der Waals surface area contributed by atoms with Gasteiger partial charge in [-0.15, -0.1) is 0 Å². The number of hydrogen-bond donors (Lipinski definition) is 1. The number of hydrogen-bond acceptors (Lipinski definition) is 2. The molecule has 2 aromatic carbocycles. The summed E-state index contributed by atoms with van der Waals surface area (Å²) in [4.78, 5) is 11.8. The standard InChI is InChI=1S/C16H16INO2/c1-2-12-4-3-5-14(10-12)18-16(19)11-20-15-8-6-13(17)7-9-15/h3-10H,2,11H2,1H3,(H,18,19). The average Bonchev–Trinajstić information content (AvgIpc) is 2.47. The molecule has 0 aliphatic rings. The van der Waals surface area contributed by atoms with Crippen molar-refractivity contribution < 1.29 is 9.53 Å². The van der Waals surface area contributed by atoms with Gasteiger partial charge in [-0.25, -0.2) is 0 Å². The molecule has 0 aliphatic heterocycles. The molecule has 2 aromatic rings. The van der Waals surface area contributed by atoms with Crippen LogP contribution in [-0.4, -0.2) is 12.5 Å². The number of benzene rings is 2. The molecule has 0 saturated carbocycles. The molecule has 0 heterocycles. The largest absolute Gasteiger partial charge is 0.484 e. The van der Waals surface area contributed by atoms with E-state index in [9.17, 15) is 4.79 Å². The molecule has 0 aromatic heterocycles. The fourth-order valence-corrected chi connectivity index (χ4v) is 2.11. The molecule has 1 amide bonds. The smallest absolute Gasteiger partial charge is 0.262 e. The van der Waals surface area contributed by atoms with E-state index < -0.39 is 0 Å². The lowest BCUT2D eigenvalue weighted by atomic mass is 10.1. The van der Waals surface area contributed by atoms with Crippen molar-refractivity contribution in [3.05, 3.63) is 57.7 Å². The normalized spacial score (nSPS) is 10.1. The predicted molar refractivity (Wildman–Crippen MR) is 89.1 cm³/mol. The zero-order chi connectivity index (χ0) is 14.4. The van der Waals surface area contributed by atoms with Gasteiger partial charge in [0.25, 0.3) is 5.91 Å². The lowest BCUT2D eigenvalue weighted by Gasteiger charge is -2.08. The van der Waals surface area contributed by atoms with Crippen molar-refractivity contribution in [1.82, 2.24) is 0 Å². The van der Waals surface area contributed by atoms with Crippen LogP contribution in [0.1, 0.15) is 12.5 Å². The van der Waals surface area contributed by atoms with E-state index in [1.807, 2.05) is 48.5 Å². The Kier molecular flexibility index (Phi) is 5.40. The number of amides is 1. The second-order valence-electron chi connectivity index (χ2n) is 4.34. The van der Waals surface area contributed by atoms with Gasteiger partial charge >= 0.3 is 0 Å². The van der Waals surface area contributed by atoms with Crippen LogP contribution >= 0.6 is 22.6 Å². The summed E-state index contributed by atoms with van der Waals surface area (Å²) in [7, 11) is 0. The maximum absolute atomic E-state index is 11.8. The Hall–Kier alpha value is -1.56. The minimum absolute atomic E-state index is 0.0109. The van der Waals surface area contributed by atoms with Crippen molar-refractivity contribution in [2.75, 3.05) is 11.9 Å². The molecule has 0 aliphatic carbocycles. The van der Waals surface area contributed by atoms with Gasteiger partial charge in [-0.3, -0.25) is 4.79 Å². The molecule has 0 bridgehead atoms. The van der Waals surface area contributed by atoms with Crippen LogP contribution in [0.4, 0.5) is 5.69 Å². The van der Waals surface area contributed by atoms with E-state index in [2.05, 4.69) is 34.8 Å². The van der Waals surface area contributed by atoms with Gasteiger partial charge in [0.2, 0.25) is 0 Å². The minimum Gasteiger partial charge on any atom is -0.484 e. The maximum atomic E-state index is 11.8. The van der Waals surface area contributed by atoms with Gasteiger partial charge in [0, 0.05) is 9.26 Å². The summed E-state index contributed by atoms with van der Waals surface area (Å²) in [5.74, 6) is 0.541. The fourth-order valence-electron chi connectivity index (χ4n) is 1.75. The highest BCUT2D eigenvalue weighted by Crippen LogP contribution is 2.14. The van der Waals surface area contributed by atoms with Gasteiger partial charge < -0.3 is 10.1 Å². The first kappa shape index (κ1) is 14.8. The van der Waals surface area contributed by atoms with Crippen LogP contribution in [0, 0.1) is 3.57 Å². The van der Waals surface area contributed by atoms with Crippen molar-refractivity contribution >= 4 is 34.2 Å². The molecule has 1 N–H and O–H groups in total. The molecule has 3 nitrogen and oxygen atoms in total. The molecule has 2 rings (SSSR count). The lowest BCUT2D eigenvalue weighted by molar-refractivity contribution is -0.118. The Morgan fingerprint density at radius 3 is 2.65 bits per heavy atom. The first-order valence-corrected chi connectivity index (χ1v) is 7.52. The van der Waals surface area contributed by atoms with E-state index in [-0.39, 0.29) is 12.5 Å². The third-order valence-electron chi connectivity index (χ3n) is 2.80. The highest BCUT2D eigenvalue weighted by Gasteiger charge is 2.04. The Labute approximate surface area is 132 Å². The number of ether oxygens (including phenoxy) is 1. The average molecular weight is 381 g/mol. The lowest BCUT2D eigenvalue weighted by Crippen LogP contribution is -2.20. The Morgan fingerprint density at radius 2 is 1.95 bits per heavy atom.